The molecule has 0 amide bonds. The number of aryl methyl sites for hydroxylation is 1. The van der Waals surface area contributed by atoms with E-state index in [1.54, 1.807) is 0 Å². The summed E-state index contributed by atoms with van der Waals surface area (Å²) in [4.78, 5) is 14.6. The van der Waals surface area contributed by atoms with Gasteiger partial charge in [0.25, 0.3) is 0 Å². The van der Waals surface area contributed by atoms with Crippen molar-refractivity contribution < 1.29 is 0 Å². The maximum Gasteiger partial charge on any atom is 0.164 e. The normalized spacial score (nSPS) is 9.65. The number of nitrogens with zero attached hydrogens (tertiary/aromatic N) is 3. The molecule has 4 nitrogen and oxygen atoms in total. The van der Waals surface area contributed by atoms with Crippen molar-refractivity contribution in [3.05, 3.63) is 164 Å². The lowest BCUT2D eigenvalue weighted by Crippen LogP contribution is -2.00. The Balaban J connectivity index is 0.000000577. The second-order valence-electron chi connectivity index (χ2n) is 9.99. The van der Waals surface area contributed by atoms with Crippen molar-refractivity contribution in [3.8, 4) is 56.4 Å². The summed E-state index contributed by atoms with van der Waals surface area (Å²) in [6.07, 6.45) is 4.21. The molecule has 0 unspecified atom stereocenters. The molecule has 0 spiro atoms. The van der Waals surface area contributed by atoms with Crippen molar-refractivity contribution in [2.75, 3.05) is 0 Å². The number of nitrogens with two attached hydrogens (primary N) is 1. The average Bonchev–Trinajstić information content (AvgIpc) is 3.14. The molecule has 2 N–H and O–H groups in total. The van der Waals surface area contributed by atoms with Gasteiger partial charge in [-0.3, -0.25) is 0 Å². The molecular weight excluding hydrogens is 560 g/mol. The Morgan fingerprint density at radius 2 is 0.717 bits per heavy atom. The predicted octanol–water partition coefficient (Wildman–Crippen LogP) is 11.2. The summed E-state index contributed by atoms with van der Waals surface area (Å²) in [6, 6.07) is 45.8. The van der Waals surface area contributed by atoms with Gasteiger partial charge in [0.2, 0.25) is 0 Å². The largest absolute Gasteiger partial charge is 0.405 e. The van der Waals surface area contributed by atoms with Crippen LogP contribution in [0.2, 0.25) is 0 Å². The van der Waals surface area contributed by atoms with Gasteiger partial charge in [-0.1, -0.05) is 172 Å². The summed E-state index contributed by atoms with van der Waals surface area (Å²) in [5, 5.41) is 0. The summed E-state index contributed by atoms with van der Waals surface area (Å²) >= 11 is 0. The smallest absolute Gasteiger partial charge is 0.164 e. The van der Waals surface area contributed by atoms with Gasteiger partial charge in [0.15, 0.2) is 17.5 Å². The Hall–Kier alpha value is -5.61. The third-order valence-corrected chi connectivity index (χ3v) is 6.73. The van der Waals surface area contributed by atoms with Crippen molar-refractivity contribution in [2.45, 2.75) is 34.1 Å². The quantitative estimate of drug-likeness (QED) is 0.192. The number of allylic oxidation sites excluding steroid dienone is 1. The lowest BCUT2D eigenvalue weighted by atomic mass is 10.0. The second-order valence-corrected chi connectivity index (χ2v) is 9.99. The Labute approximate surface area is 275 Å². The van der Waals surface area contributed by atoms with Crippen LogP contribution in [0.3, 0.4) is 0 Å². The summed E-state index contributed by atoms with van der Waals surface area (Å²) in [5.41, 5.74) is 13.4. The van der Waals surface area contributed by atoms with Crippen LogP contribution in [0.15, 0.2) is 159 Å². The monoisotopic (exact) mass is 604 g/mol. The van der Waals surface area contributed by atoms with Crippen LogP contribution in [0, 0.1) is 6.92 Å². The summed E-state index contributed by atoms with van der Waals surface area (Å²) in [7, 11) is 0. The van der Waals surface area contributed by atoms with E-state index in [2.05, 4.69) is 154 Å². The minimum absolute atomic E-state index is 0.660. The molecular formula is C42H44N4. The molecule has 0 saturated carbocycles. The summed E-state index contributed by atoms with van der Waals surface area (Å²) in [5.74, 6) is 1.99. The fraction of sp³-hybridized carbons (Fsp3) is 0.119. The van der Waals surface area contributed by atoms with E-state index in [1.165, 1.54) is 22.9 Å². The highest BCUT2D eigenvalue weighted by molar-refractivity contribution is 5.72. The first kappa shape index (κ1) is 34.9. The molecule has 0 atom stereocenters. The molecule has 4 heteroatoms. The van der Waals surface area contributed by atoms with Gasteiger partial charge in [0.05, 0.1) is 0 Å². The van der Waals surface area contributed by atoms with Crippen LogP contribution in [0.4, 0.5) is 0 Å². The molecule has 46 heavy (non-hydrogen) atoms. The summed E-state index contributed by atoms with van der Waals surface area (Å²) < 4.78 is 0. The van der Waals surface area contributed by atoms with Crippen LogP contribution in [-0.4, -0.2) is 15.0 Å². The lowest BCUT2D eigenvalue weighted by molar-refractivity contribution is 1.07. The first-order valence-electron chi connectivity index (χ1n) is 15.6. The predicted molar refractivity (Wildman–Crippen MR) is 198 cm³/mol. The molecule has 6 aromatic rings. The molecule has 0 aliphatic heterocycles. The van der Waals surface area contributed by atoms with Crippen molar-refractivity contribution in [2.24, 2.45) is 5.73 Å². The molecule has 0 saturated heterocycles. The van der Waals surface area contributed by atoms with Gasteiger partial charge in [-0.05, 0) is 41.8 Å². The zero-order valence-electron chi connectivity index (χ0n) is 27.4. The van der Waals surface area contributed by atoms with E-state index in [1.807, 2.05) is 32.1 Å². The van der Waals surface area contributed by atoms with Crippen molar-refractivity contribution in [1.29, 1.82) is 0 Å². The average molecular weight is 605 g/mol. The standard InChI is InChI=1S/C34H25N3.C4H8.C2H5N.C2H6/c1-24-12-14-29(15-13-24)32-35-33(30-20-16-27(17-21-30)25-8-4-2-5-9-25)37-34(36-32)31-22-18-28(19-23-31)26-10-6-3-7-11-26;1-3-4-2;1-2-3;1-2/h2-23H,1H3;3H,1,4H2,2H3;2H,1,3H2;1-2H3. The van der Waals surface area contributed by atoms with Gasteiger partial charge in [0, 0.05) is 16.7 Å². The highest BCUT2D eigenvalue weighted by atomic mass is 15.0. The molecule has 0 bridgehead atoms. The molecule has 232 valence electrons. The van der Waals surface area contributed by atoms with Gasteiger partial charge in [-0.25, -0.2) is 15.0 Å². The van der Waals surface area contributed by atoms with Crippen LogP contribution in [0.25, 0.3) is 56.4 Å². The van der Waals surface area contributed by atoms with E-state index in [-0.39, 0.29) is 0 Å². The van der Waals surface area contributed by atoms with E-state index in [0.717, 1.165) is 34.2 Å². The molecule has 0 aliphatic rings. The highest BCUT2D eigenvalue weighted by Gasteiger charge is 2.13. The van der Waals surface area contributed by atoms with Crippen molar-refractivity contribution in [3.63, 3.8) is 0 Å². The van der Waals surface area contributed by atoms with E-state index < -0.39 is 0 Å². The maximum atomic E-state index is 4.90. The first-order valence-corrected chi connectivity index (χ1v) is 15.6. The zero-order valence-corrected chi connectivity index (χ0v) is 27.4. The van der Waals surface area contributed by atoms with E-state index in [9.17, 15) is 0 Å². The van der Waals surface area contributed by atoms with Gasteiger partial charge >= 0.3 is 0 Å². The molecule has 1 heterocycles. The molecule has 6 rings (SSSR count). The molecule has 0 radical (unpaired) electrons. The van der Waals surface area contributed by atoms with E-state index in [0.29, 0.717) is 17.5 Å². The Bertz CT molecular complexity index is 1640. The van der Waals surface area contributed by atoms with Crippen molar-refractivity contribution >= 4 is 0 Å². The topological polar surface area (TPSA) is 64.7 Å². The molecule has 1 aromatic heterocycles. The van der Waals surface area contributed by atoms with Crippen LogP contribution in [-0.2, 0) is 0 Å². The van der Waals surface area contributed by atoms with E-state index >= 15 is 0 Å². The van der Waals surface area contributed by atoms with E-state index in [4.69, 9.17) is 15.0 Å². The maximum absolute atomic E-state index is 4.90. The molecule has 5 aromatic carbocycles. The van der Waals surface area contributed by atoms with Crippen LogP contribution in [0.1, 0.15) is 32.8 Å². The minimum atomic E-state index is 0.660. The zero-order chi connectivity index (χ0) is 33.1. The number of benzene rings is 5. The second kappa shape index (κ2) is 18.9. The first-order chi connectivity index (χ1) is 22.6. The number of aromatic nitrogens is 3. The van der Waals surface area contributed by atoms with Gasteiger partial charge in [-0.15, -0.1) is 6.58 Å². The van der Waals surface area contributed by atoms with Gasteiger partial charge in [-0.2, -0.15) is 0 Å². The van der Waals surface area contributed by atoms with Crippen LogP contribution >= 0.6 is 0 Å². The van der Waals surface area contributed by atoms with Crippen LogP contribution in [0.5, 0.6) is 0 Å². The molecule has 0 aliphatic carbocycles. The third kappa shape index (κ3) is 9.96. The fourth-order valence-electron chi connectivity index (χ4n) is 4.35. The number of hydrogen-bond donors (Lipinski definition) is 1. The Morgan fingerprint density at radius 3 is 1.00 bits per heavy atom. The van der Waals surface area contributed by atoms with Gasteiger partial charge < -0.3 is 5.73 Å². The minimum Gasteiger partial charge on any atom is -0.405 e. The fourth-order valence-corrected chi connectivity index (χ4v) is 4.35. The van der Waals surface area contributed by atoms with Crippen LogP contribution < -0.4 is 5.73 Å². The number of hydrogen-bond acceptors (Lipinski definition) is 4. The highest BCUT2D eigenvalue weighted by Crippen LogP contribution is 2.28. The Morgan fingerprint density at radius 1 is 0.478 bits per heavy atom. The van der Waals surface area contributed by atoms with Crippen molar-refractivity contribution in [1.82, 2.24) is 15.0 Å². The van der Waals surface area contributed by atoms with Gasteiger partial charge in [0.1, 0.15) is 0 Å². The third-order valence-electron chi connectivity index (χ3n) is 6.73. The summed E-state index contributed by atoms with van der Waals surface area (Å²) in [6.45, 7) is 14.8. The Kier molecular flexibility index (Phi) is 14.3. The molecule has 0 fully saturated rings. The lowest BCUT2D eigenvalue weighted by Gasteiger charge is -2.10. The number of rotatable bonds is 6. The SMILES string of the molecule is C=CCC.C=CN.CC.Cc1ccc(-c2nc(-c3ccc(-c4ccccc4)cc3)nc(-c3ccc(-c4ccccc4)cc3)n2)cc1.